The highest BCUT2D eigenvalue weighted by Crippen LogP contribution is 2.29. The number of nitriles is 2. The van der Waals surface area contributed by atoms with Crippen LogP contribution in [0.25, 0.3) is 5.57 Å². The van der Waals surface area contributed by atoms with Gasteiger partial charge in [0.15, 0.2) is 0 Å². The van der Waals surface area contributed by atoms with Crippen molar-refractivity contribution in [1.29, 1.82) is 10.5 Å². The van der Waals surface area contributed by atoms with Crippen LogP contribution in [0.2, 0.25) is 0 Å². The summed E-state index contributed by atoms with van der Waals surface area (Å²) >= 11 is 0. The van der Waals surface area contributed by atoms with Crippen LogP contribution in [0.4, 0.5) is 0 Å². The molecule has 122 valence electrons. The average molecular weight is 326 g/mol. The summed E-state index contributed by atoms with van der Waals surface area (Å²) in [6.45, 7) is 0. The van der Waals surface area contributed by atoms with Gasteiger partial charge < -0.3 is 14.2 Å². The van der Waals surface area contributed by atoms with Crippen molar-refractivity contribution in [2.45, 2.75) is 0 Å². The predicted molar refractivity (Wildman–Crippen MR) is 83.3 cm³/mol. The first-order valence-corrected chi connectivity index (χ1v) is 6.59. The second kappa shape index (κ2) is 8.76. The van der Waals surface area contributed by atoms with Gasteiger partial charge in [-0.25, -0.2) is 9.59 Å². The predicted octanol–water partition coefficient (Wildman–Crippen LogP) is 1.77. The molecule has 0 fully saturated rings. The number of rotatable bonds is 5. The fourth-order valence-electron chi connectivity index (χ4n) is 1.85. The number of ether oxygens (including phenoxy) is 3. The molecule has 0 atom stereocenters. The molecule has 1 aromatic rings. The summed E-state index contributed by atoms with van der Waals surface area (Å²) in [5.74, 6) is -1.16. The third kappa shape index (κ3) is 4.21. The summed E-state index contributed by atoms with van der Waals surface area (Å²) in [4.78, 5) is 23.6. The van der Waals surface area contributed by atoms with Crippen LogP contribution < -0.4 is 4.74 Å². The highest BCUT2D eigenvalue weighted by atomic mass is 16.5. The number of benzene rings is 1. The van der Waals surface area contributed by atoms with E-state index in [1.807, 2.05) is 0 Å². The molecule has 0 amide bonds. The van der Waals surface area contributed by atoms with Crippen LogP contribution in [0.3, 0.4) is 0 Å². The smallest absolute Gasteiger partial charge is 0.338 e. The van der Waals surface area contributed by atoms with Gasteiger partial charge in [-0.15, -0.1) is 0 Å². The maximum absolute atomic E-state index is 12.1. The van der Waals surface area contributed by atoms with Gasteiger partial charge in [0.2, 0.25) is 0 Å². The summed E-state index contributed by atoms with van der Waals surface area (Å²) in [5, 5.41) is 18.4. The van der Waals surface area contributed by atoms with Gasteiger partial charge in [0.05, 0.1) is 26.9 Å². The molecule has 1 aromatic carbocycles. The Morgan fingerprint density at radius 3 is 2.00 bits per heavy atom. The molecule has 0 bridgehead atoms. The minimum atomic E-state index is -0.880. The number of nitrogens with zero attached hydrogens (tertiary/aromatic N) is 2. The third-order valence-electron chi connectivity index (χ3n) is 2.99. The van der Waals surface area contributed by atoms with Crippen molar-refractivity contribution in [2.24, 2.45) is 0 Å². The lowest BCUT2D eigenvalue weighted by Crippen LogP contribution is -2.11. The molecule has 0 aliphatic heterocycles. The Bertz CT molecular complexity index is 761. The summed E-state index contributed by atoms with van der Waals surface area (Å²) in [5.41, 5.74) is -0.261. The number of carbonyl (C=O) groups is 2. The molecule has 0 aliphatic rings. The zero-order valence-electron chi connectivity index (χ0n) is 13.3. The van der Waals surface area contributed by atoms with E-state index in [-0.39, 0.29) is 16.7 Å². The topological polar surface area (TPSA) is 109 Å². The Morgan fingerprint density at radius 2 is 1.58 bits per heavy atom. The van der Waals surface area contributed by atoms with Crippen molar-refractivity contribution in [1.82, 2.24) is 0 Å². The molecule has 0 heterocycles. The molecule has 7 heteroatoms. The summed E-state index contributed by atoms with van der Waals surface area (Å²) in [6, 6.07) is 9.72. The molecular weight excluding hydrogens is 312 g/mol. The molecule has 0 N–H and O–H groups in total. The lowest BCUT2D eigenvalue weighted by atomic mass is 9.93. The van der Waals surface area contributed by atoms with Crippen LogP contribution in [0.1, 0.15) is 5.56 Å². The first-order valence-electron chi connectivity index (χ1n) is 6.59. The molecule has 24 heavy (non-hydrogen) atoms. The van der Waals surface area contributed by atoms with Gasteiger partial charge in [-0.2, -0.15) is 10.5 Å². The number of carbonyl (C=O) groups excluding carboxylic acids is 2. The van der Waals surface area contributed by atoms with Crippen LogP contribution in [-0.4, -0.2) is 33.3 Å². The monoisotopic (exact) mass is 326 g/mol. The Morgan fingerprint density at radius 1 is 1.00 bits per heavy atom. The molecule has 0 aromatic heterocycles. The van der Waals surface area contributed by atoms with E-state index in [9.17, 15) is 20.1 Å². The Hall–Kier alpha value is -3.58. The van der Waals surface area contributed by atoms with Crippen molar-refractivity contribution in [3.8, 4) is 17.9 Å². The van der Waals surface area contributed by atoms with Crippen molar-refractivity contribution in [2.75, 3.05) is 21.3 Å². The lowest BCUT2D eigenvalue weighted by Gasteiger charge is -2.11. The number of esters is 2. The quantitative estimate of drug-likeness (QED) is 0.351. The maximum Gasteiger partial charge on any atom is 0.338 e. The standard InChI is InChI=1S/C17H14N2O5/c1-22-13-6-4-11(5-7-13)16(12(9-18)10-19)14(17(21)24-3)8-15(20)23-2/h4-8H,1-3H3/b14-8-. The van der Waals surface area contributed by atoms with Crippen LogP contribution in [0.5, 0.6) is 5.75 Å². The van der Waals surface area contributed by atoms with Gasteiger partial charge in [-0.3, -0.25) is 0 Å². The molecule has 7 nitrogen and oxygen atoms in total. The van der Waals surface area contributed by atoms with Crippen molar-refractivity contribution in [3.05, 3.63) is 47.1 Å². The van der Waals surface area contributed by atoms with E-state index < -0.39 is 11.9 Å². The number of methoxy groups -OCH3 is 3. The summed E-state index contributed by atoms with van der Waals surface area (Å²) < 4.78 is 14.2. The highest BCUT2D eigenvalue weighted by Gasteiger charge is 2.23. The number of allylic oxidation sites excluding steroid dienone is 1. The molecular formula is C17H14N2O5. The third-order valence-corrected chi connectivity index (χ3v) is 2.99. The molecule has 0 saturated carbocycles. The molecule has 0 radical (unpaired) electrons. The van der Waals surface area contributed by atoms with E-state index in [4.69, 9.17) is 4.74 Å². The fraction of sp³-hybridized carbons (Fsp3) is 0.176. The van der Waals surface area contributed by atoms with E-state index >= 15 is 0 Å². The molecule has 1 rings (SSSR count). The Labute approximate surface area is 139 Å². The van der Waals surface area contributed by atoms with Crippen molar-refractivity contribution < 1.29 is 23.8 Å². The van der Waals surface area contributed by atoms with Crippen LogP contribution in [0.15, 0.2) is 41.5 Å². The first kappa shape index (κ1) is 18.5. The molecule has 0 aliphatic carbocycles. The van der Waals surface area contributed by atoms with E-state index in [0.29, 0.717) is 11.3 Å². The number of hydrogen-bond donors (Lipinski definition) is 0. The maximum atomic E-state index is 12.1. The van der Waals surface area contributed by atoms with Gasteiger partial charge in [0.1, 0.15) is 23.5 Å². The summed E-state index contributed by atoms with van der Waals surface area (Å²) in [6.07, 6.45) is 0.875. The van der Waals surface area contributed by atoms with E-state index in [0.717, 1.165) is 20.3 Å². The van der Waals surface area contributed by atoms with Crippen molar-refractivity contribution >= 4 is 17.5 Å². The second-order valence-electron chi connectivity index (χ2n) is 4.27. The minimum Gasteiger partial charge on any atom is -0.497 e. The van der Waals surface area contributed by atoms with Crippen LogP contribution in [-0.2, 0) is 19.1 Å². The van der Waals surface area contributed by atoms with E-state index in [1.165, 1.54) is 7.11 Å². The van der Waals surface area contributed by atoms with Gasteiger partial charge in [0, 0.05) is 11.6 Å². The van der Waals surface area contributed by atoms with E-state index in [2.05, 4.69) is 9.47 Å². The number of hydrogen-bond acceptors (Lipinski definition) is 7. The van der Waals surface area contributed by atoms with Crippen LogP contribution in [0, 0.1) is 22.7 Å². The zero-order valence-corrected chi connectivity index (χ0v) is 13.3. The minimum absolute atomic E-state index is 0.0279. The average Bonchev–Trinajstić information content (AvgIpc) is 2.63. The van der Waals surface area contributed by atoms with Crippen LogP contribution >= 0.6 is 0 Å². The molecule has 0 unspecified atom stereocenters. The fourth-order valence-corrected chi connectivity index (χ4v) is 1.85. The summed E-state index contributed by atoms with van der Waals surface area (Å²) in [7, 11) is 3.75. The van der Waals surface area contributed by atoms with Gasteiger partial charge in [-0.05, 0) is 17.7 Å². The Balaban J connectivity index is 3.68. The normalized spacial score (nSPS) is 9.96. The molecule has 0 saturated heterocycles. The molecule has 0 spiro atoms. The van der Waals surface area contributed by atoms with Gasteiger partial charge >= 0.3 is 11.9 Å². The van der Waals surface area contributed by atoms with Crippen molar-refractivity contribution in [3.63, 3.8) is 0 Å². The lowest BCUT2D eigenvalue weighted by molar-refractivity contribution is -0.138. The highest BCUT2D eigenvalue weighted by molar-refractivity contribution is 6.11. The zero-order chi connectivity index (χ0) is 18.1. The SMILES string of the molecule is COC(=O)/C=C(\C(=O)OC)C(=C(C#N)C#N)c1ccc(OC)cc1. The largest absolute Gasteiger partial charge is 0.497 e. The first-order chi connectivity index (χ1) is 11.5. The van der Waals surface area contributed by atoms with E-state index in [1.54, 1.807) is 36.4 Å². The van der Waals surface area contributed by atoms with Gasteiger partial charge in [-0.1, -0.05) is 12.1 Å². The Kier molecular flexibility index (Phi) is 6.74. The second-order valence-corrected chi connectivity index (χ2v) is 4.27. The van der Waals surface area contributed by atoms with Gasteiger partial charge in [0.25, 0.3) is 0 Å².